The third kappa shape index (κ3) is 4.43. The number of hydrogen-bond donors (Lipinski definition) is 2. The van der Waals surface area contributed by atoms with E-state index in [1.165, 1.54) is 24.8 Å². The van der Waals surface area contributed by atoms with E-state index < -0.39 is 0 Å². The third-order valence-electron chi connectivity index (χ3n) is 3.84. The molecule has 0 amide bonds. The van der Waals surface area contributed by atoms with Gasteiger partial charge in [-0.2, -0.15) is 0 Å². The van der Waals surface area contributed by atoms with Gasteiger partial charge in [-0.1, -0.05) is 30.3 Å². The van der Waals surface area contributed by atoms with Crippen molar-refractivity contribution in [2.75, 3.05) is 6.61 Å². The molecule has 2 unspecified atom stereocenters. The quantitative estimate of drug-likeness (QED) is 0.740. The molecule has 1 aromatic carbocycles. The fourth-order valence-corrected chi connectivity index (χ4v) is 2.57. The lowest BCUT2D eigenvalue weighted by Crippen LogP contribution is -2.38. The smallest absolute Gasteiger partial charge is 0.0445 e. The molecule has 0 saturated heterocycles. The number of nitrogens with one attached hydrogen (secondary N) is 1. The zero-order valence-corrected chi connectivity index (χ0v) is 11.3. The molecule has 1 saturated carbocycles. The molecule has 18 heavy (non-hydrogen) atoms. The highest BCUT2D eigenvalue weighted by atomic mass is 16.3. The van der Waals surface area contributed by atoms with Crippen LogP contribution in [0, 0.1) is 5.92 Å². The summed E-state index contributed by atoms with van der Waals surface area (Å²) in [4.78, 5) is 0. The lowest BCUT2D eigenvalue weighted by atomic mass is 10.0. The Hall–Kier alpha value is -0.860. The van der Waals surface area contributed by atoms with Gasteiger partial charge < -0.3 is 10.4 Å². The Morgan fingerprint density at radius 3 is 2.56 bits per heavy atom. The van der Waals surface area contributed by atoms with E-state index in [-0.39, 0.29) is 0 Å². The van der Waals surface area contributed by atoms with Crippen molar-refractivity contribution in [2.24, 2.45) is 5.92 Å². The van der Waals surface area contributed by atoms with Crippen LogP contribution < -0.4 is 5.32 Å². The van der Waals surface area contributed by atoms with Crippen LogP contribution in [-0.4, -0.2) is 23.8 Å². The number of aryl methyl sites for hydroxylation is 1. The summed E-state index contributed by atoms with van der Waals surface area (Å²) in [5.41, 5.74) is 1.41. The van der Waals surface area contributed by atoms with E-state index in [1.807, 2.05) is 0 Å². The van der Waals surface area contributed by atoms with Gasteiger partial charge >= 0.3 is 0 Å². The second kappa shape index (κ2) is 6.91. The van der Waals surface area contributed by atoms with Crippen LogP contribution >= 0.6 is 0 Å². The fourth-order valence-electron chi connectivity index (χ4n) is 2.57. The standard InChI is InChI=1S/C16H25NO/c1-13(7-8-14-5-3-2-4-6-14)17-16(11-12-18)15-9-10-15/h2-6,13,15-18H,7-12H2,1H3. The average Bonchev–Trinajstić information content (AvgIpc) is 3.21. The second-order valence-electron chi connectivity index (χ2n) is 5.55. The summed E-state index contributed by atoms with van der Waals surface area (Å²) in [7, 11) is 0. The minimum Gasteiger partial charge on any atom is -0.396 e. The highest BCUT2D eigenvalue weighted by Gasteiger charge is 2.31. The van der Waals surface area contributed by atoms with E-state index in [0.29, 0.717) is 18.7 Å². The Kier molecular flexibility index (Phi) is 5.21. The predicted molar refractivity (Wildman–Crippen MR) is 75.6 cm³/mol. The monoisotopic (exact) mass is 247 g/mol. The summed E-state index contributed by atoms with van der Waals surface area (Å²) < 4.78 is 0. The van der Waals surface area contributed by atoms with E-state index in [1.54, 1.807) is 0 Å². The molecule has 1 fully saturated rings. The van der Waals surface area contributed by atoms with Gasteiger partial charge in [-0.3, -0.25) is 0 Å². The molecule has 2 nitrogen and oxygen atoms in total. The van der Waals surface area contributed by atoms with Crippen LogP contribution in [0.3, 0.4) is 0 Å². The minimum absolute atomic E-state index is 0.305. The first-order valence-corrected chi connectivity index (χ1v) is 7.20. The van der Waals surface area contributed by atoms with Crippen molar-refractivity contribution < 1.29 is 5.11 Å². The molecule has 0 spiro atoms. The van der Waals surface area contributed by atoms with E-state index in [0.717, 1.165) is 18.8 Å². The first-order chi connectivity index (χ1) is 8.79. The topological polar surface area (TPSA) is 32.3 Å². The third-order valence-corrected chi connectivity index (χ3v) is 3.84. The molecule has 1 aromatic rings. The normalized spacial score (nSPS) is 18.6. The van der Waals surface area contributed by atoms with Gasteiger partial charge in [0.1, 0.15) is 0 Å². The molecule has 0 heterocycles. The Balaban J connectivity index is 1.72. The van der Waals surface area contributed by atoms with Crippen LogP contribution in [-0.2, 0) is 6.42 Å². The van der Waals surface area contributed by atoms with Gasteiger partial charge in [0.15, 0.2) is 0 Å². The summed E-state index contributed by atoms with van der Waals surface area (Å²) in [6.07, 6.45) is 5.87. The number of benzene rings is 1. The number of rotatable bonds is 8. The lowest BCUT2D eigenvalue weighted by molar-refractivity contribution is 0.248. The second-order valence-corrected chi connectivity index (χ2v) is 5.55. The van der Waals surface area contributed by atoms with Crippen molar-refractivity contribution in [1.82, 2.24) is 5.32 Å². The molecule has 1 aliphatic carbocycles. The lowest BCUT2D eigenvalue weighted by Gasteiger charge is -2.22. The number of aliphatic hydroxyl groups excluding tert-OH is 1. The molecule has 2 atom stereocenters. The molecule has 100 valence electrons. The van der Waals surface area contributed by atoms with Crippen molar-refractivity contribution >= 4 is 0 Å². The zero-order valence-electron chi connectivity index (χ0n) is 11.3. The number of hydrogen-bond acceptors (Lipinski definition) is 2. The molecule has 1 aliphatic rings. The SMILES string of the molecule is CC(CCc1ccccc1)NC(CCO)C1CC1. The Morgan fingerprint density at radius 2 is 1.94 bits per heavy atom. The largest absolute Gasteiger partial charge is 0.396 e. The van der Waals surface area contributed by atoms with Gasteiger partial charge in [-0.15, -0.1) is 0 Å². The van der Waals surface area contributed by atoms with E-state index in [4.69, 9.17) is 5.11 Å². The summed E-state index contributed by atoms with van der Waals surface area (Å²) in [6, 6.07) is 11.7. The molecule has 0 bridgehead atoms. The summed E-state index contributed by atoms with van der Waals surface area (Å²) in [5.74, 6) is 0.816. The highest BCUT2D eigenvalue weighted by molar-refractivity contribution is 5.14. The van der Waals surface area contributed by atoms with Crippen molar-refractivity contribution in [3.05, 3.63) is 35.9 Å². The van der Waals surface area contributed by atoms with Crippen LogP contribution in [0.1, 0.15) is 38.2 Å². The Labute approximate surface area is 110 Å². The van der Waals surface area contributed by atoms with Crippen LogP contribution in [0.5, 0.6) is 0 Å². The molecule has 0 aromatic heterocycles. The molecule has 2 heteroatoms. The maximum absolute atomic E-state index is 9.09. The molecular formula is C16H25NO. The first kappa shape index (κ1) is 13.6. The van der Waals surface area contributed by atoms with Gasteiger partial charge in [-0.05, 0) is 50.5 Å². The number of aliphatic hydroxyl groups is 1. The molecule has 2 rings (SSSR count). The van der Waals surface area contributed by atoms with Crippen molar-refractivity contribution in [1.29, 1.82) is 0 Å². The van der Waals surface area contributed by atoms with Gasteiger partial charge in [0.2, 0.25) is 0 Å². The molecule has 0 radical (unpaired) electrons. The zero-order chi connectivity index (χ0) is 12.8. The van der Waals surface area contributed by atoms with E-state index in [9.17, 15) is 0 Å². The van der Waals surface area contributed by atoms with Gasteiger partial charge in [0.25, 0.3) is 0 Å². The van der Waals surface area contributed by atoms with Crippen molar-refractivity contribution in [2.45, 2.75) is 51.1 Å². The van der Waals surface area contributed by atoms with Crippen molar-refractivity contribution in [3.63, 3.8) is 0 Å². The predicted octanol–water partition coefficient (Wildman–Crippen LogP) is 2.76. The Morgan fingerprint density at radius 1 is 1.22 bits per heavy atom. The first-order valence-electron chi connectivity index (χ1n) is 7.20. The van der Waals surface area contributed by atoms with Crippen LogP contribution in [0.4, 0.5) is 0 Å². The average molecular weight is 247 g/mol. The van der Waals surface area contributed by atoms with E-state index >= 15 is 0 Å². The fraction of sp³-hybridized carbons (Fsp3) is 0.625. The maximum Gasteiger partial charge on any atom is 0.0445 e. The summed E-state index contributed by atoms with van der Waals surface area (Å²) in [6.45, 7) is 2.56. The van der Waals surface area contributed by atoms with Crippen LogP contribution in [0.25, 0.3) is 0 Å². The molecule has 0 aliphatic heterocycles. The van der Waals surface area contributed by atoms with Gasteiger partial charge in [-0.25, -0.2) is 0 Å². The van der Waals surface area contributed by atoms with Crippen LogP contribution in [0.2, 0.25) is 0 Å². The summed E-state index contributed by atoms with van der Waals surface area (Å²) >= 11 is 0. The Bertz CT molecular complexity index is 334. The van der Waals surface area contributed by atoms with Gasteiger partial charge in [0.05, 0.1) is 0 Å². The van der Waals surface area contributed by atoms with Crippen molar-refractivity contribution in [3.8, 4) is 0 Å². The molecule has 2 N–H and O–H groups in total. The minimum atomic E-state index is 0.305. The van der Waals surface area contributed by atoms with Crippen LogP contribution in [0.15, 0.2) is 30.3 Å². The summed E-state index contributed by atoms with van der Waals surface area (Å²) in [5, 5.41) is 12.8. The molecular weight excluding hydrogens is 222 g/mol. The van der Waals surface area contributed by atoms with E-state index in [2.05, 4.69) is 42.6 Å². The maximum atomic E-state index is 9.09. The van der Waals surface area contributed by atoms with Gasteiger partial charge in [0, 0.05) is 18.7 Å². The highest BCUT2D eigenvalue weighted by Crippen LogP contribution is 2.34.